The minimum absolute atomic E-state index is 0.0102. The molecule has 0 fully saturated rings. The second-order valence-electron chi connectivity index (χ2n) is 4.29. The average Bonchev–Trinajstić information content (AvgIpc) is 2.84. The van der Waals surface area contributed by atoms with Gasteiger partial charge in [0.25, 0.3) is 5.91 Å². The van der Waals surface area contributed by atoms with E-state index in [4.69, 9.17) is 0 Å². The molecule has 0 aliphatic carbocycles. The van der Waals surface area contributed by atoms with E-state index in [2.05, 4.69) is 15.6 Å². The van der Waals surface area contributed by atoms with Gasteiger partial charge in [0.15, 0.2) is 0 Å². The van der Waals surface area contributed by atoms with Crippen LogP contribution in [0.1, 0.15) is 24.3 Å². The molecule has 18 heavy (non-hydrogen) atoms. The Morgan fingerprint density at radius 1 is 1.44 bits per heavy atom. The Balaban J connectivity index is 1.92. The smallest absolute Gasteiger partial charge is 0.268 e. The molecule has 2 heterocycles. The summed E-state index contributed by atoms with van der Waals surface area (Å²) in [6.07, 6.45) is 0. The van der Waals surface area contributed by atoms with E-state index in [1.807, 2.05) is 25.3 Å². The van der Waals surface area contributed by atoms with E-state index in [9.17, 15) is 9.59 Å². The van der Waals surface area contributed by atoms with Crippen LogP contribution >= 0.6 is 11.3 Å². The van der Waals surface area contributed by atoms with Gasteiger partial charge in [-0.2, -0.15) is 0 Å². The second kappa shape index (κ2) is 5.22. The van der Waals surface area contributed by atoms with Crippen molar-refractivity contribution in [1.82, 2.24) is 15.6 Å². The van der Waals surface area contributed by atoms with E-state index in [-0.39, 0.29) is 24.4 Å². The van der Waals surface area contributed by atoms with Crippen LogP contribution in [0.3, 0.4) is 0 Å². The van der Waals surface area contributed by atoms with Crippen LogP contribution in [0.15, 0.2) is 17.5 Å². The van der Waals surface area contributed by atoms with Crippen LogP contribution in [0.4, 0.5) is 0 Å². The zero-order valence-electron chi connectivity index (χ0n) is 10.2. The van der Waals surface area contributed by atoms with Crippen LogP contribution in [0.25, 0.3) is 10.2 Å². The van der Waals surface area contributed by atoms with Gasteiger partial charge < -0.3 is 15.6 Å². The summed E-state index contributed by atoms with van der Waals surface area (Å²) in [4.78, 5) is 26.2. The Bertz CT molecular complexity index is 542. The molecule has 3 N–H and O–H groups in total. The first-order valence-electron chi connectivity index (χ1n) is 5.70. The number of H-pyrrole nitrogens is 1. The van der Waals surface area contributed by atoms with E-state index in [0.29, 0.717) is 5.69 Å². The molecule has 5 nitrogen and oxygen atoms in total. The summed E-state index contributed by atoms with van der Waals surface area (Å²) in [6, 6.07) is 3.78. The zero-order valence-corrected chi connectivity index (χ0v) is 11.1. The number of aromatic nitrogens is 1. The Morgan fingerprint density at radius 2 is 2.22 bits per heavy atom. The molecule has 0 unspecified atom stereocenters. The molecule has 96 valence electrons. The summed E-state index contributed by atoms with van der Waals surface area (Å²) in [6.45, 7) is 3.74. The van der Waals surface area contributed by atoms with Crippen LogP contribution < -0.4 is 10.6 Å². The monoisotopic (exact) mass is 265 g/mol. The van der Waals surface area contributed by atoms with E-state index in [1.54, 1.807) is 17.4 Å². The highest BCUT2D eigenvalue weighted by Crippen LogP contribution is 2.20. The van der Waals surface area contributed by atoms with E-state index in [1.165, 1.54) is 0 Å². The van der Waals surface area contributed by atoms with Crippen molar-refractivity contribution < 1.29 is 9.59 Å². The number of hydrogen-bond donors (Lipinski definition) is 3. The number of thiophene rings is 1. The van der Waals surface area contributed by atoms with Crippen molar-refractivity contribution in [1.29, 1.82) is 0 Å². The second-order valence-corrected chi connectivity index (χ2v) is 5.23. The third-order valence-corrected chi connectivity index (χ3v) is 3.21. The van der Waals surface area contributed by atoms with Crippen molar-refractivity contribution >= 4 is 33.4 Å². The molecule has 0 aliphatic rings. The molecule has 2 amide bonds. The van der Waals surface area contributed by atoms with Gasteiger partial charge in [0.1, 0.15) is 5.69 Å². The normalized spacial score (nSPS) is 10.8. The van der Waals surface area contributed by atoms with Gasteiger partial charge in [-0.1, -0.05) is 0 Å². The molecule has 2 aromatic heterocycles. The lowest BCUT2D eigenvalue weighted by Crippen LogP contribution is -2.39. The molecule has 2 aromatic rings. The minimum atomic E-state index is -0.266. The molecule has 0 spiro atoms. The van der Waals surface area contributed by atoms with Gasteiger partial charge in [-0.15, -0.1) is 11.3 Å². The third kappa shape index (κ3) is 2.89. The van der Waals surface area contributed by atoms with E-state index < -0.39 is 0 Å². The number of carbonyl (C=O) groups excluding carboxylic acids is 2. The summed E-state index contributed by atoms with van der Waals surface area (Å²) in [7, 11) is 0. The lowest BCUT2D eigenvalue weighted by molar-refractivity contribution is -0.120. The number of carbonyl (C=O) groups is 2. The molecular formula is C12H15N3O2S. The van der Waals surface area contributed by atoms with E-state index in [0.717, 1.165) is 10.2 Å². The molecule has 0 aromatic carbocycles. The van der Waals surface area contributed by atoms with Gasteiger partial charge in [0.2, 0.25) is 5.91 Å². The van der Waals surface area contributed by atoms with Crippen molar-refractivity contribution in [3.8, 4) is 0 Å². The van der Waals surface area contributed by atoms with Crippen molar-refractivity contribution in [3.63, 3.8) is 0 Å². The first kappa shape index (κ1) is 12.6. The molecular weight excluding hydrogens is 250 g/mol. The van der Waals surface area contributed by atoms with Crippen molar-refractivity contribution in [2.24, 2.45) is 0 Å². The Morgan fingerprint density at radius 3 is 2.89 bits per heavy atom. The van der Waals surface area contributed by atoms with Gasteiger partial charge >= 0.3 is 0 Å². The van der Waals surface area contributed by atoms with Crippen molar-refractivity contribution in [2.75, 3.05) is 6.54 Å². The topological polar surface area (TPSA) is 74.0 Å². The van der Waals surface area contributed by atoms with Crippen molar-refractivity contribution in [3.05, 3.63) is 23.2 Å². The van der Waals surface area contributed by atoms with Crippen LogP contribution in [-0.4, -0.2) is 29.4 Å². The number of amides is 2. The molecule has 0 atom stereocenters. The largest absolute Gasteiger partial charge is 0.352 e. The Kier molecular flexibility index (Phi) is 3.66. The Hall–Kier alpha value is -1.82. The molecule has 0 bridgehead atoms. The maximum Gasteiger partial charge on any atom is 0.268 e. The first-order valence-corrected chi connectivity index (χ1v) is 6.58. The van der Waals surface area contributed by atoms with Crippen LogP contribution in [0, 0.1) is 0 Å². The lowest BCUT2D eigenvalue weighted by Gasteiger charge is -2.08. The van der Waals surface area contributed by atoms with Gasteiger partial charge in [0, 0.05) is 6.04 Å². The standard InChI is InChI=1S/C12H15N3O2S/c1-7(2)14-11(16)6-13-12(17)9-5-10-8(15-9)3-4-18-10/h3-5,7,15H,6H2,1-2H3,(H,13,17)(H,14,16). The number of nitrogens with one attached hydrogen (secondary N) is 3. The average molecular weight is 265 g/mol. The predicted octanol–water partition coefficient (Wildman–Crippen LogP) is 1.48. The Labute approximate surface area is 109 Å². The molecule has 0 aliphatic heterocycles. The van der Waals surface area contributed by atoms with Gasteiger partial charge in [-0.3, -0.25) is 9.59 Å². The zero-order chi connectivity index (χ0) is 13.1. The molecule has 0 radical (unpaired) electrons. The number of aromatic amines is 1. The summed E-state index contributed by atoms with van der Waals surface area (Å²) >= 11 is 1.57. The highest BCUT2D eigenvalue weighted by atomic mass is 32.1. The maximum absolute atomic E-state index is 11.8. The SMILES string of the molecule is CC(C)NC(=O)CNC(=O)c1cc2sccc2[nH]1. The molecule has 0 saturated carbocycles. The predicted molar refractivity (Wildman–Crippen MR) is 71.8 cm³/mol. The molecule has 0 saturated heterocycles. The number of rotatable bonds is 4. The quantitative estimate of drug-likeness (QED) is 0.783. The van der Waals surface area contributed by atoms with Crippen LogP contribution in [-0.2, 0) is 4.79 Å². The summed E-state index contributed by atoms with van der Waals surface area (Å²) < 4.78 is 1.03. The van der Waals surface area contributed by atoms with E-state index >= 15 is 0 Å². The summed E-state index contributed by atoms with van der Waals surface area (Å²) in [5, 5.41) is 7.24. The summed E-state index contributed by atoms with van der Waals surface area (Å²) in [5.41, 5.74) is 1.42. The summed E-state index contributed by atoms with van der Waals surface area (Å²) in [5.74, 6) is -0.455. The number of fused-ring (bicyclic) bond motifs is 1. The molecule has 2 rings (SSSR count). The van der Waals surface area contributed by atoms with Gasteiger partial charge in [0.05, 0.1) is 16.8 Å². The highest BCUT2D eigenvalue weighted by molar-refractivity contribution is 7.17. The fraction of sp³-hybridized carbons (Fsp3) is 0.333. The van der Waals surface area contributed by atoms with Crippen molar-refractivity contribution in [2.45, 2.75) is 19.9 Å². The third-order valence-electron chi connectivity index (χ3n) is 2.34. The fourth-order valence-electron chi connectivity index (χ4n) is 1.60. The van der Waals surface area contributed by atoms with Gasteiger partial charge in [-0.25, -0.2) is 0 Å². The van der Waals surface area contributed by atoms with Crippen LogP contribution in [0.2, 0.25) is 0 Å². The maximum atomic E-state index is 11.8. The minimum Gasteiger partial charge on any atom is -0.352 e. The van der Waals surface area contributed by atoms with Crippen LogP contribution in [0.5, 0.6) is 0 Å². The van der Waals surface area contributed by atoms with Gasteiger partial charge in [-0.05, 0) is 31.4 Å². The highest BCUT2D eigenvalue weighted by Gasteiger charge is 2.11. The molecule has 6 heteroatoms. The number of hydrogen-bond acceptors (Lipinski definition) is 3. The lowest BCUT2D eigenvalue weighted by atomic mass is 10.3. The fourth-order valence-corrected chi connectivity index (χ4v) is 2.38. The first-order chi connectivity index (χ1) is 8.56.